The lowest BCUT2D eigenvalue weighted by atomic mass is 9.64. The number of nitrogens with one attached hydrogen (secondary N) is 1. The zero-order valence-electron chi connectivity index (χ0n) is 29.7. The maximum Gasteiger partial charge on any atom is 0.326 e. The van der Waals surface area contributed by atoms with Gasteiger partial charge < -0.3 is 24.8 Å². The van der Waals surface area contributed by atoms with Crippen LogP contribution in [0.2, 0.25) is 0 Å². The average molecular weight is 678 g/mol. The van der Waals surface area contributed by atoms with Gasteiger partial charge in [0.25, 0.3) is 0 Å². The molecule has 4 aromatic rings. The van der Waals surface area contributed by atoms with Crippen molar-refractivity contribution in [3.05, 3.63) is 111 Å². The summed E-state index contributed by atoms with van der Waals surface area (Å²) in [6, 6.07) is 21.4. The molecule has 1 saturated heterocycles. The van der Waals surface area contributed by atoms with E-state index in [1.165, 1.54) is 5.57 Å². The Morgan fingerprint density at radius 1 is 1.00 bits per heavy atom. The molecule has 4 aliphatic rings. The van der Waals surface area contributed by atoms with Gasteiger partial charge in [-0.05, 0) is 124 Å². The quantitative estimate of drug-likeness (QED) is 0.151. The predicted molar refractivity (Wildman–Crippen MR) is 197 cm³/mol. The first-order valence-electron chi connectivity index (χ1n) is 18.4. The van der Waals surface area contributed by atoms with Crippen LogP contribution in [0.5, 0.6) is 5.75 Å². The van der Waals surface area contributed by atoms with Gasteiger partial charge in [-0.1, -0.05) is 42.8 Å². The number of piperidine rings is 1. The molecule has 0 amide bonds. The number of rotatable bonds is 6. The van der Waals surface area contributed by atoms with Crippen molar-refractivity contribution in [1.29, 1.82) is 0 Å². The second-order valence-electron chi connectivity index (χ2n) is 15.3. The van der Waals surface area contributed by atoms with Gasteiger partial charge in [-0.25, -0.2) is 4.79 Å². The standard InChI is InChI=1S/C42H51N3O5/c1-28-7-6-21-41(2)36(34-17-11-29(25-32(46)14-10-28)26-35(34)39(47)30-12-15-33(50-3)16-13-30)18-22-42(41,49)27-44-23-19-31(20-24-44)45-38-9-5-4-8-37(38)43-40(45)48/h4-5,7-9,11-13,15-17,26,31-32,36,46,49H,6,10,14,18-25,27H2,1-3H3,(H,43,48). The number of fused-ring (bicyclic) bond motifs is 9. The van der Waals surface area contributed by atoms with E-state index in [4.69, 9.17) is 4.74 Å². The summed E-state index contributed by atoms with van der Waals surface area (Å²) in [5, 5.41) is 23.8. The second kappa shape index (κ2) is 14.0. The van der Waals surface area contributed by atoms with Gasteiger partial charge in [-0.3, -0.25) is 9.36 Å². The van der Waals surface area contributed by atoms with Crippen molar-refractivity contribution in [3.8, 4) is 5.75 Å². The van der Waals surface area contributed by atoms with Gasteiger partial charge >= 0.3 is 5.69 Å². The van der Waals surface area contributed by atoms with Crippen LogP contribution in [0.25, 0.3) is 11.0 Å². The van der Waals surface area contributed by atoms with Crippen LogP contribution < -0.4 is 10.4 Å². The molecule has 8 nitrogen and oxygen atoms in total. The number of para-hydroxylation sites is 2. The first-order valence-corrected chi connectivity index (χ1v) is 18.4. The SMILES string of the molecule is COc1ccc(C(=O)c2cc3ccc2C2CCC(O)(CN4CCC(n5c(=O)[nH]c6ccccc65)CC4)C2(C)CCC=C(C)CCC(O)C3)cc1. The smallest absolute Gasteiger partial charge is 0.326 e. The Hall–Kier alpha value is -3.98. The van der Waals surface area contributed by atoms with Crippen molar-refractivity contribution in [1.82, 2.24) is 14.5 Å². The normalized spacial score (nSPS) is 26.8. The number of allylic oxidation sites excluding steroid dienone is 2. The average Bonchev–Trinajstić information content (AvgIpc) is 3.58. The molecule has 2 bridgehead atoms. The van der Waals surface area contributed by atoms with Crippen LogP contribution in [0.1, 0.15) is 104 Å². The molecule has 2 fully saturated rings. The van der Waals surface area contributed by atoms with Gasteiger partial charge in [0.1, 0.15) is 5.75 Å². The molecule has 1 aliphatic heterocycles. The summed E-state index contributed by atoms with van der Waals surface area (Å²) in [5.41, 5.74) is 4.76. The molecule has 2 heterocycles. The molecule has 1 saturated carbocycles. The van der Waals surface area contributed by atoms with Crippen LogP contribution in [-0.4, -0.2) is 68.9 Å². The maximum atomic E-state index is 14.3. The van der Waals surface area contributed by atoms with Gasteiger partial charge in [-0.2, -0.15) is 0 Å². The van der Waals surface area contributed by atoms with Crippen molar-refractivity contribution >= 4 is 16.8 Å². The fraction of sp³-hybridized carbons (Fsp3) is 0.476. The first-order chi connectivity index (χ1) is 24.1. The number of ether oxygens (including phenoxy) is 1. The predicted octanol–water partition coefficient (Wildman–Crippen LogP) is 6.94. The summed E-state index contributed by atoms with van der Waals surface area (Å²) >= 11 is 0. The van der Waals surface area contributed by atoms with Crippen LogP contribution in [0.15, 0.2) is 83.2 Å². The molecule has 4 unspecified atom stereocenters. The number of imidazole rings is 1. The molecule has 0 spiro atoms. The lowest BCUT2D eigenvalue weighted by Crippen LogP contribution is -2.54. The van der Waals surface area contributed by atoms with Gasteiger partial charge in [0.2, 0.25) is 0 Å². The number of H-pyrrole nitrogens is 1. The Morgan fingerprint density at radius 3 is 2.52 bits per heavy atom. The molecule has 50 heavy (non-hydrogen) atoms. The Bertz CT molecular complexity index is 1930. The van der Waals surface area contributed by atoms with Gasteiger partial charge in [0.05, 0.1) is 29.8 Å². The van der Waals surface area contributed by atoms with Crippen molar-refractivity contribution in [2.75, 3.05) is 26.7 Å². The number of benzene rings is 3. The largest absolute Gasteiger partial charge is 0.497 e. The van der Waals surface area contributed by atoms with E-state index in [1.54, 1.807) is 7.11 Å². The maximum absolute atomic E-state index is 14.3. The molecule has 264 valence electrons. The summed E-state index contributed by atoms with van der Waals surface area (Å²) in [5.74, 6) is 0.624. The van der Waals surface area contributed by atoms with Crippen LogP contribution in [-0.2, 0) is 6.42 Å². The minimum absolute atomic E-state index is 0.0253. The van der Waals surface area contributed by atoms with E-state index >= 15 is 0 Å². The van der Waals surface area contributed by atoms with Crippen LogP contribution in [0.4, 0.5) is 0 Å². The number of methoxy groups -OCH3 is 1. The highest BCUT2D eigenvalue weighted by Crippen LogP contribution is 2.59. The van der Waals surface area contributed by atoms with E-state index < -0.39 is 17.1 Å². The Labute approximate surface area is 294 Å². The minimum atomic E-state index is -0.962. The van der Waals surface area contributed by atoms with Gasteiger partial charge in [-0.15, -0.1) is 0 Å². The number of nitrogens with zero attached hydrogens (tertiary/aromatic N) is 2. The molecule has 8 heteroatoms. The summed E-state index contributed by atoms with van der Waals surface area (Å²) in [6.07, 6.45) is 8.48. The highest BCUT2D eigenvalue weighted by atomic mass is 16.5. The third kappa shape index (κ3) is 6.49. The van der Waals surface area contributed by atoms with E-state index in [0.29, 0.717) is 42.7 Å². The Morgan fingerprint density at radius 2 is 1.76 bits per heavy atom. The number of hydrogen-bond donors (Lipinski definition) is 3. The second-order valence-corrected chi connectivity index (χ2v) is 15.3. The topological polar surface area (TPSA) is 108 Å². The molecule has 4 atom stereocenters. The van der Waals surface area contributed by atoms with Gasteiger partial charge in [0.15, 0.2) is 5.78 Å². The van der Waals surface area contributed by atoms with Crippen LogP contribution >= 0.6 is 0 Å². The van der Waals surface area contributed by atoms with Crippen molar-refractivity contribution < 1.29 is 19.7 Å². The molecular formula is C42H51N3O5. The third-order valence-electron chi connectivity index (χ3n) is 12.3. The van der Waals surface area contributed by atoms with Gasteiger partial charge in [0, 0.05) is 42.2 Å². The highest BCUT2D eigenvalue weighted by molar-refractivity contribution is 6.10. The zero-order valence-corrected chi connectivity index (χ0v) is 29.7. The van der Waals surface area contributed by atoms with E-state index in [-0.39, 0.29) is 23.4 Å². The molecule has 8 rings (SSSR count). The lowest BCUT2D eigenvalue weighted by Gasteiger charge is -2.47. The Balaban J connectivity index is 1.19. The first kappa shape index (κ1) is 34.5. The van der Waals surface area contributed by atoms with Crippen molar-refractivity contribution in [3.63, 3.8) is 0 Å². The van der Waals surface area contributed by atoms with Crippen LogP contribution in [0, 0.1) is 5.41 Å². The summed E-state index contributed by atoms with van der Waals surface area (Å²) in [7, 11) is 1.62. The van der Waals surface area contributed by atoms with Crippen molar-refractivity contribution in [2.24, 2.45) is 5.41 Å². The minimum Gasteiger partial charge on any atom is -0.497 e. The molecule has 3 aromatic carbocycles. The van der Waals surface area contributed by atoms with Crippen molar-refractivity contribution in [2.45, 2.75) is 95.3 Å². The number of ketones is 1. The van der Waals surface area contributed by atoms with E-state index in [1.807, 2.05) is 59.2 Å². The number of aliphatic hydroxyl groups excluding tert-OH is 1. The fourth-order valence-corrected chi connectivity index (χ4v) is 9.24. The number of aromatic nitrogens is 2. The third-order valence-corrected chi connectivity index (χ3v) is 12.3. The molecular weight excluding hydrogens is 626 g/mol. The van der Waals surface area contributed by atoms with E-state index in [9.17, 15) is 19.8 Å². The summed E-state index contributed by atoms with van der Waals surface area (Å²) in [4.78, 5) is 32.7. The van der Waals surface area contributed by atoms with Crippen LogP contribution in [0.3, 0.4) is 0 Å². The number of carbonyl (C=O) groups is 1. The Kier molecular flexibility index (Phi) is 9.63. The number of likely N-dealkylation sites (tertiary alicyclic amines) is 1. The zero-order chi connectivity index (χ0) is 35.0. The molecule has 3 aliphatic carbocycles. The number of aliphatic hydroxyl groups is 2. The number of carbonyl (C=O) groups excluding carboxylic acids is 1. The van der Waals surface area contributed by atoms with E-state index in [2.05, 4.69) is 41.9 Å². The van der Waals surface area contributed by atoms with E-state index in [0.717, 1.165) is 73.8 Å². The fourth-order valence-electron chi connectivity index (χ4n) is 9.24. The lowest BCUT2D eigenvalue weighted by molar-refractivity contribution is -0.0870. The summed E-state index contributed by atoms with van der Waals surface area (Å²) in [6.45, 7) is 6.55. The monoisotopic (exact) mass is 677 g/mol. The number of hydrogen-bond acceptors (Lipinski definition) is 6. The number of aromatic amines is 1. The molecule has 1 aromatic heterocycles. The summed E-state index contributed by atoms with van der Waals surface area (Å²) < 4.78 is 7.27. The molecule has 3 N–H and O–H groups in total. The highest BCUT2D eigenvalue weighted by Gasteiger charge is 2.57. The molecule has 0 radical (unpaired) electrons. The number of β-amino-alcohol motifs (C(OH)–C–C–N with tert-alkyl or cyclic N) is 1.